The molecule has 0 spiro atoms. The first-order valence-corrected chi connectivity index (χ1v) is 11.8. The van der Waals surface area contributed by atoms with Crippen molar-refractivity contribution in [2.75, 3.05) is 12.0 Å². The van der Waals surface area contributed by atoms with Gasteiger partial charge in [0.2, 0.25) is 17.7 Å². The summed E-state index contributed by atoms with van der Waals surface area (Å²) in [4.78, 5) is 60.0. The third kappa shape index (κ3) is 11.3. The summed E-state index contributed by atoms with van der Waals surface area (Å²) in [5.74, 6) is -4.44. The Bertz CT molecular complexity index is 672. The van der Waals surface area contributed by atoms with E-state index in [9.17, 15) is 24.0 Å². The highest BCUT2D eigenvalue weighted by Gasteiger charge is 2.32. The van der Waals surface area contributed by atoms with E-state index in [1.807, 2.05) is 13.8 Å². The normalized spacial score (nSPS) is 14.9. The fourth-order valence-corrected chi connectivity index (χ4v) is 3.29. The quantitative estimate of drug-likeness (QED) is 0.186. The molecule has 11 nitrogen and oxygen atoms in total. The Morgan fingerprint density at radius 1 is 0.875 bits per heavy atom. The van der Waals surface area contributed by atoms with E-state index in [-0.39, 0.29) is 18.3 Å². The van der Waals surface area contributed by atoms with Crippen molar-refractivity contribution in [2.45, 2.75) is 71.1 Å². The molecular formula is C20H36N4O7S. The lowest BCUT2D eigenvalue weighted by Gasteiger charge is -2.27. The third-order valence-corrected chi connectivity index (χ3v) is 5.19. The summed E-state index contributed by atoms with van der Waals surface area (Å²) in [7, 11) is 0. The second-order valence-electron chi connectivity index (χ2n) is 8.31. The van der Waals surface area contributed by atoms with Crippen LogP contribution in [0.15, 0.2) is 0 Å². The first kappa shape index (κ1) is 29.7. The fraction of sp³-hybridized carbons (Fsp3) is 0.750. The molecule has 0 saturated carbocycles. The third-order valence-electron chi connectivity index (χ3n) is 4.55. The van der Waals surface area contributed by atoms with Crippen LogP contribution in [0.5, 0.6) is 0 Å². The van der Waals surface area contributed by atoms with Crippen LogP contribution >= 0.6 is 11.8 Å². The van der Waals surface area contributed by atoms with E-state index >= 15 is 0 Å². The van der Waals surface area contributed by atoms with Crippen LogP contribution in [0.3, 0.4) is 0 Å². The molecule has 0 fully saturated rings. The Hall–Kier alpha value is -2.34. The van der Waals surface area contributed by atoms with Crippen LogP contribution in [0.2, 0.25) is 0 Å². The number of thioether (sulfide) groups is 1. The van der Waals surface area contributed by atoms with Crippen molar-refractivity contribution in [2.24, 2.45) is 17.6 Å². The number of carboxylic acid groups (broad SMARTS) is 2. The maximum absolute atomic E-state index is 12.9. The lowest BCUT2D eigenvalue weighted by atomic mass is 10.00. The number of carbonyl (C=O) groups excluding carboxylic acids is 3. The molecule has 0 rings (SSSR count). The molecule has 12 heteroatoms. The highest BCUT2D eigenvalue weighted by Crippen LogP contribution is 2.08. The van der Waals surface area contributed by atoms with E-state index < -0.39 is 60.2 Å². The molecule has 0 radical (unpaired) electrons. The molecule has 3 amide bonds. The van der Waals surface area contributed by atoms with Crippen molar-refractivity contribution in [3.05, 3.63) is 0 Å². The van der Waals surface area contributed by atoms with Gasteiger partial charge in [-0.1, -0.05) is 27.7 Å². The van der Waals surface area contributed by atoms with Gasteiger partial charge in [0.15, 0.2) is 0 Å². The van der Waals surface area contributed by atoms with E-state index in [2.05, 4.69) is 16.0 Å². The molecule has 0 aliphatic heterocycles. The molecule has 4 atom stereocenters. The van der Waals surface area contributed by atoms with Gasteiger partial charge in [0.25, 0.3) is 0 Å². The Morgan fingerprint density at radius 2 is 1.44 bits per heavy atom. The Morgan fingerprint density at radius 3 is 1.88 bits per heavy atom. The number of nitrogens with one attached hydrogen (secondary N) is 3. The topological polar surface area (TPSA) is 188 Å². The summed E-state index contributed by atoms with van der Waals surface area (Å²) in [6.07, 6.45) is 1.62. The maximum Gasteiger partial charge on any atom is 0.326 e. The largest absolute Gasteiger partial charge is 0.481 e. The van der Waals surface area contributed by atoms with E-state index in [0.717, 1.165) is 0 Å². The predicted octanol–water partition coefficient (Wildman–Crippen LogP) is -0.217. The highest BCUT2D eigenvalue weighted by atomic mass is 32.2. The van der Waals surface area contributed by atoms with Crippen LogP contribution in [0.1, 0.15) is 47.0 Å². The molecule has 0 aromatic rings. The van der Waals surface area contributed by atoms with Crippen molar-refractivity contribution >= 4 is 41.4 Å². The molecule has 0 aromatic carbocycles. The van der Waals surface area contributed by atoms with Gasteiger partial charge in [0.05, 0.1) is 12.5 Å². The minimum absolute atomic E-state index is 0.184. The summed E-state index contributed by atoms with van der Waals surface area (Å²) >= 11 is 1.42. The van der Waals surface area contributed by atoms with Crippen molar-refractivity contribution in [3.8, 4) is 0 Å². The minimum Gasteiger partial charge on any atom is -0.481 e. The van der Waals surface area contributed by atoms with Crippen molar-refractivity contribution in [1.82, 2.24) is 16.0 Å². The molecule has 0 heterocycles. The maximum atomic E-state index is 12.9. The summed E-state index contributed by atoms with van der Waals surface area (Å²) in [5, 5.41) is 25.3. The van der Waals surface area contributed by atoms with E-state index in [1.54, 1.807) is 20.1 Å². The molecule has 0 bridgehead atoms. The van der Waals surface area contributed by atoms with Gasteiger partial charge in [-0.25, -0.2) is 4.79 Å². The molecule has 0 aliphatic rings. The average Bonchev–Trinajstić information content (AvgIpc) is 2.66. The van der Waals surface area contributed by atoms with Gasteiger partial charge < -0.3 is 31.9 Å². The van der Waals surface area contributed by atoms with Crippen molar-refractivity contribution in [1.29, 1.82) is 0 Å². The molecule has 0 aromatic heterocycles. The van der Waals surface area contributed by atoms with Crippen LogP contribution in [0.4, 0.5) is 0 Å². The van der Waals surface area contributed by atoms with Crippen LogP contribution in [0.25, 0.3) is 0 Å². The zero-order valence-corrected chi connectivity index (χ0v) is 20.0. The van der Waals surface area contributed by atoms with Gasteiger partial charge >= 0.3 is 11.9 Å². The lowest BCUT2D eigenvalue weighted by molar-refractivity contribution is -0.147. The lowest BCUT2D eigenvalue weighted by Crippen LogP contribution is -2.58. The number of carboxylic acids is 2. The van der Waals surface area contributed by atoms with Crippen LogP contribution in [-0.4, -0.2) is 76.0 Å². The molecule has 0 aliphatic carbocycles. The first-order valence-electron chi connectivity index (χ1n) is 10.4. The number of nitrogens with two attached hydrogens (primary N) is 1. The average molecular weight is 477 g/mol. The first-order chi connectivity index (χ1) is 14.8. The van der Waals surface area contributed by atoms with Gasteiger partial charge in [0, 0.05) is 0 Å². The fourth-order valence-electron chi connectivity index (χ4n) is 2.82. The number of hydrogen-bond donors (Lipinski definition) is 6. The van der Waals surface area contributed by atoms with E-state index in [1.165, 1.54) is 11.8 Å². The smallest absolute Gasteiger partial charge is 0.326 e. The summed E-state index contributed by atoms with van der Waals surface area (Å²) < 4.78 is 0. The second kappa shape index (κ2) is 14.7. The van der Waals surface area contributed by atoms with Gasteiger partial charge in [-0.2, -0.15) is 11.8 Å². The Kier molecular flexibility index (Phi) is 13.6. The van der Waals surface area contributed by atoms with Crippen LogP contribution in [0, 0.1) is 11.8 Å². The number of amides is 3. The van der Waals surface area contributed by atoms with Crippen LogP contribution in [-0.2, 0) is 24.0 Å². The molecular weight excluding hydrogens is 440 g/mol. The molecule has 7 N–H and O–H groups in total. The van der Waals surface area contributed by atoms with Crippen molar-refractivity contribution in [3.63, 3.8) is 0 Å². The Balaban J connectivity index is 5.39. The number of hydrogen-bond acceptors (Lipinski definition) is 7. The predicted molar refractivity (Wildman–Crippen MR) is 121 cm³/mol. The highest BCUT2D eigenvalue weighted by molar-refractivity contribution is 7.98. The summed E-state index contributed by atoms with van der Waals surface area (Å²) in [5.41, 5.74) is 5.89. The Labute approximate surface area is 192 Å². The monoisotopic (exact) mass is 476 g/mol. The standard InChI is InChI=1S/C20H36N4O7S/c1-10(2)8-12(21)17(27)24-16(11(3)4)19(29)22-13(6-7-32-5)18(28)23-14(20(30)31)9-15(25)26/h10-14,16H,6-9,21H2,1-5H3,(H,22,29)(H,23,28)(H,24,27)(H,25,26)(H,30,31). The molecule has 32 heavy (non-hydrogen) atoms. The number of aliphatic carboxylic acids is 2. The van der Waals surface area contributed by atoms with Gasteiger partial charge in [0.1, 0.15) is 18.1 Å². The molecule has 0 saturated heterocycles. The second-order valence-corrected chi connectivity index (χ2v) is 9.29. The minimum atomic E-state index is -1.64. The number of rotatable bonds is 15. The van der Waals surface area contributed by atoms with Gasteiger partial charge in [-0.05, 0) is 36.7 Å². The zero-order chi connectivity index (χ0) is 25.0. The molecule has 184 valence electrons. The molecule has 4 unspecified atom stereocenters. The van der Waals surface area contributed by atoms with Gasteiger partial charge in [-0.3, -0.25) is 19.2 Å². The summed E-state index contributed by atoms with van der Waals surface area (Å²) in [6.45, 7) is 7.29. The number of carbonyl (C=O) groups is 5. The van der Waals surface area contributed by atoms with E-state index in [0.29, 0.717) is 12.2 Å². The summed E-state index contributed by atoms with van der Waals surface area (Å²) in [6, 6.07) is -4.48. The van der Waals surface area contributed by atoms with Crippen molar-refractivity contribution < 1.29 is 34.2 Å². The zero-order valence-electron chi connectivity index (χ0n) is 19.2. The van der Waals surface area contributed by atoms with E-state index in [4.69, 9.17) is 15.9 Å². The SMILES string of the molecule is CSCCC(NC(=O)C(NC(=O)C(N)CC(C)C)C(C)C)C(=O)NC(CC(=O)O)C(=O)O. The van der Waals surface area contributed by atoms with Crippen LogP contribution < -0.4 is 21.7 Å². The van der Waals surface area contributed by atoms with Gasteiger partial charge in [-0.15, -0.1) is 0 Å².